The fourth-order valence-electron chi connectivity index (χ4n) is 0.331. The molecule has 0 radical (unpaired) electrons. The van der Waals surface area contributed by atoms with Gasteiger partial charge in [0.1, 0.15) is 0 Å². The summed E-state index contributed by atoms with van der Waals surface area (Å²) in [6.45, 7) is 2.03. The van der Waals surface area contributed by atoms with Crippen molar-refractivity contribution in [1.82, 2.24) is 4.37 Å². The van der Waals surface area contributed by atoms with Crippen molar-refractivity contribution in [3.63, 3.8) is 0 Å². The third-order valence-electron chi connectivity index (χ3n) is 0.753. The number of hydrogen-bond donors (Lipinski definition) is 0. The number of hydrogen-bond acceptors (Lipinski definition) is 2. The zero-order valence-corrected chi connectivity index (χ0v) is 9.24. The van der Waals surface area contributed by atoms with E-state index in [4.69, 9.17) is 0 Å². The van der Waals surface area contributed by atoms with Crippen LogP contribution in [0.15, 0.2) is 0 Å². The lowest BCUT2D eigenvalue weighted by atomic mass is 10.5. The molecule has 0 atom stereocenters. The molecule has 0 fully saturated rings. The lowest BCUT2D eigenvalue weighted by Crippen LogP contribution is -1.71. The molecule has 0 saturated carbocycles. The fourth-order valence-corrected chi connectivity index (χ4v) is 2.13. The molecule has 0 aliphatic rings. The van der Waals surface area contributed by atoms with Crippen LogP contribution < -0.4 is 0 Å². The highest BCUT2D eigenvalue weighted by Crippen LogP contribution is 2.21. The van der Waals surface area contributed by atoms with Crippen LogP contribution >= 0.6 is 56.7 Å². The molecule has 1 heterocycles. The number of aryl methyl sites for hydroxylation is 1. The first kappa shape index (κ1) is 7.20. The normalized spacial score (nSPS) is 9.88. The van der Waals surface area contributed by atoms with Gasteiger partial charge in [0.25, 0.3) is 0 Å². The minimum Gasteiger partial charge on any atom is -0.196 e. The van der Waals surface area contributed by atoms with Gasteiger partial charge in [-0.2, -0.15) is 4.37 Å². The smallest absolute Gasteiger partial charge is 0.0996 e. The monoisotopic (exact) mass is 351 g/mol. The third-order valence-corrected chi connectivity index (χ3v) is 5.33. The zero-order valence-electron chi connectivity index (χ0n) is 4.11. The molecular formula is C4H3I2NS. The molecule has 0 unspecified atom stereocenters. The first-order valence-electron chi connectivity index (χ1n) is 1.99. The summed E-state index contributed by atoms with van der Waals surface area (Å²) in [5.41, 5.74) is 1.15. The predicted molar refractivity (Wildman–Crippen MR) is 52.3 cm³/mol. The molecule has 0 bridgehead atoms. The van der Waals surface area contributed by atoms with E-state index in [1.807, 2.05) is 6.92 Å². The Bertz CT molecular complexity index is 176. The third kappa shape index (κ3) is 1.32. The van der Waals surface area contributed by atoms with Crippen LogP contribution in [0.5, 0.6) is 0 Å². The molecule has 0 aliphatic heterocycles. The SMILES string of the molecule is Cc1nsc(I)c1I. The van der Waals surface area contributed by atoms with E-state index >= 15 is 0 Å². The van der Waals surface area contributed by atoms with Gasteiger partial charge in [0, 0.05) is 0 Å². The molecule has 4 heteroatoms. The van der Waals surface area contributed by atoms with E-state index < -0.39 is 0 Å². The maximum absolute atomic E-state index is 4.14. The van der Waals surface area contributed by atoms with Gasteiger partial charge in [0.15, 0.2) is 0 Å². The quantitative estimate of drug-likeness (QED) is 0.655. The molecule has 0 aliphatic carbocycles. The first-order chi connectivity index (χ1) is 3.72. The molecule has 1 rings (SSSR count). The van der Waals surface area contributed by atoms with Gasteiger partial charge in [0.2, 0.25) is 0 Å². The van der Waals surface area contributed by atoms with Crippen LogP contribution in [0.4, 0.5) is 0 Å². The minimum atomic E-state index is 1.15. The Kier molecular flexibility index (Phi) is 2.50. The van der Waals surface area contributed by atoms with Crippen molar-refractivity contribution in [1.29, 1.82) is 0 Å². The lowest BCUT2D eigenvalue weighted by Gasteiger charge is -1.79. The molecule has 8 heavy (non-hydrogen) atoms. The molecule has 0 N–H and O–H groups in total. The van der Waals surface area contributed by atoms with Crippen LogP contribution in [0.1, 0.15) is 5.69 Å². The highest BCUT2D eigenvalue weighted by atomic mass is 127. The van der Waals surface area contributed by atoms with E-state index in [0.29, 0.717) is 0 Å². The van der Waals surface area contributed by atoms with Gasteiger partial charge < -0.3 is 0 Å². The zero-order chi connectivity index (χ0) is 6.15. The largest absolute Gasteiger partial charge is 0.196 e. The Hall–Kier alpha value is 1.09. The lowest BCUT2D eigenvalue weighted by molar-refractivity contribution is 1.32. The summed E-state index contributed by atoms with van der Waals surface area (Å²) in [5.74, 6) is 0. The highest BCUT2D eigenvalue weighted by Gasteiger charge is 2.01. The highest BCUT2D eigenvalue weighted by molar-refractivity contribution is 14.1. The summed E-state index contributed by atoms with van der Waals surface area (Å²) in [6.07, 6.45) is 0. The second-order valence-corrected chi connectivity index (χ2v) is 5.02. The number of halogens is 2. The number of nitrogens with zero attached hydrogens (tertiary/aromatic N) is 1. The predicted octanol–water partition coefficient (Wildman–Crippen LogP) is 2.66. The summed E-state index contributed by atoms with van der Waals surface area (Å²) in [4.78, 5) is 0. The Balaban J connectivity index is 3.19. The molecule has 1 aromatic rings. The van der Waals surface area contributed by atoms with Crippen molar-refractivity contribution in [3.05, 3.63) is 12.1 Å². The van der Waals surface area contributed by atoms with Crippen molar-refractivity contribution in [2.75, 3.05) is 0 Å². The fraction of sp³-hybridized carbons (Fsp3) is 0.250. The van der Waals surface area contributed by atoms with E-state index in [2.05, 4.69) is 49.6 Å². The maximum atomic E-state index is 4.14. The molecule has 0 aromatic carbocycles. The van der Waals surface area contributed by atoms with Gasteiger partial charge in [-0.3, -0.25) is 0 Å². The van der Waals surface area contributed by atoms with Crippen molar-refractivity contribution in [2.24, 2.45) is 0 Å². The van der Waals surface area contributed by atoms with Gasteiger partial charge in [-0.25, -0.2) is 0 Å². The van der Waals surface area contributed by atoms with Crippen LogP contribution in [0.2, 0.25) is 0 Å². The number of aromatic nitrogens is 1. The van der Waals surface area contributed by atoms with Crippen molar-refractivity contribution in [3.8, 4) is 0 Å². The summed E-state index contributed by atoms with van der Waals surface area (Å²) in [5, 5.41) is 0. The minimum absolute atomic E-state index is 1.15. The van der Waals surface area contributed by atoms with Crippen LogP contribution in [0.3, 0.4) is 0 Å². The Morgan fingerprint density at radius 2 is 2.12 bits per heavy atom. The van der Waals surface area contributed by atoms with Crippen molar-refractivity contribution in [2.45, 2.75) is 6.92 Å². The van der Waals surface area contributed by atoms with E-state index in [9.17, 15) is 0 Å². The molecular weight excluding hydrogens is 348 g/mol. The van der Waals surface area contributed by atoms with Gasteiger partial charge >= 0.3 is 0 Å². The van der Waals surface area contributed by atoms with Gasteiger partial charge in [-0.05, 0) is 63.6 Å². The molecule has 0 spiro atoms. The second kappa shape index (κ2) is 2.78. The van der Waals surface area contributed by atoms with Crippen molar-refractivity contribution < 1.29 is 0 Å². The summed E-state index contributed by atoms with van der Waals surface area (Å²) in [6, 6.07) is 0. The van der Waals surface area contributed by atoms with Crippen LogP contribution in [-0.2, 0) is 0 Å². The van der Waals surface area contributed by atoms with E-state index in [-0.39, 0.29) is 0 Å². The Morgan fingerprint density at radius 1 is 1.50 bits per heavy atom. The summed E-state index contributed by atoms with van der Waals surface area (Å²) in [7, 11) is 0. The van der Waals surface area contributed by atoms with Gasteiger partial charge in [0.05, 0.1) is 12.1 Å². The van der Waals surface area contributed by atoms with Crippen LogP contribution in [0, 0.1) is 13.4 Å². The molecule has 0 saturated heterocycles. The topological polar surface area (TPSA) is 12.9 Å². The molecule has 0 amide bonds. The van der Waals surface area contributed by atoms with Gasteiger partial charge in [-0.1, -0.05) is 0 Å². The van der Waals surface area contributed by atoms with Crippen LogP contribution in [-0.4, -0.2) is 4.37 Å². The molecule has 1 aromatic heterocycles. The maximum Gasteiger partial charge on any atom is 0.0996 e. The van der Waals surface area contributed by atoms with E-state index in [1.54, 1.807) is 11.5 Å². The molecule has 44 valence electrons. The summed E-state index contributed by atoms with van der Waals surface area (Å²) < 4.78 is 6.73. The first-order valence-corrected chi connectivity index (χ1v) is 4.92. The van der Waals surface area contributed by atoms with E-state index in [0.717, 1.165) is 5.69 Å². The molecule has 1 nitrogen and oxygen atoms in total. The Morgan fingerprint density at radius 3 is 2.25 bits per heavy atom. The average Bonchev–Trinajstić information content (AvgIpc) is 1.98. The van der Waals surface area contributed by atoms with Crippen molar-refractivity contribution >= 4 is 56.7 Å². The number of rotatable bonds is 0. The van der Waals surface area contributed by atoms with Gasteiger partial charge in [-0.15, -0.1) is 0 Å². The Labute approximate surface area is 79.3 Å². The van der Waals surface area contributed by atoms with E-state index in [1.165, 1.54) is 6.45 Å². The summed E-state index contributed by atoms with van der Waals surface area (Å²) >= 11 is 6.16. The van der Waals surface area contributed by atoms with Crippen LogP contribution in [0.25, 0.3) is 0 Å². The standard InChI is InChI=1S/C4H3I2NS/c1-2-3(5)4(6)8-7-2/h1H3. The second-order valence-electron chi connectivity index (χ2n) is 1.36. The average molecular weight is 351 g/mol.